The first-order valence-electron chi connectivity index (χ1n) is 7.48. The number of nitrogens with zero attached hydrogens (tertiary/aromatic N) is 1. The van der Waals surface area contributed by atoms with Gasteiger partial charge in [0.05, 0.1) is 0 Å². The summed E-state index contributed by atoms with van der Waals surface area (Å²) in [6.45, 7) is 5.57. The fourth-order valence-electron chi connectivity index (χ4n) is 2.91. The Balaban J connectivity index is 2.01. The van der Waals surface area contributed by atoms with E-state index in [9.17, 15) is 4.79 Å². The van der Waals surface area contributed by atoms with Gasteiger partial charge in [0.1, 0.15) is 0 Å². The highest BCUT2D eigenvalue weighted by Gasteiger charge is 2.29. The average Bonchev–Trinajstić information content (AvgIpc) is 2.46. The van der Waals surface area contributed by atoms with Crippen molar-refractivity contribution in [1.29, 1.82) is 0 Å². The molecule has 110 valence electrons. The number of amides is 2. The summed E-state index contributed by atoms with van der Waals surface area (Å²) < 4.78 is 0. The number of rotatable bonds is 3. The summed E-state index contributed by atoms with van der Waals surface area (Å²) in [6.07, 6.45) is 3.27. The first-order valence-corrected chi connectivity index (χ1v) is 7.48. The van der Waals surface area contributed by atoms with Crippen molar-refractivity contribution in [3.8, 4) is 0 Å². The molecule has 0 aromatic heterocycles. The minimum atomic E-state index is -0.0272. The van der Waals surface area contributed by atoms with Crippen LogP contribution in [0.25, 0.3) is 0 Å². The van der Waals surface area contributed by atoms with Crippen LogP contribution in [0.1, 0.15) is 31.7 Å². The number of carbonyl (C=O) groups excluding carboxylic acids is 1. The third-order valence-corrected chi connectivity index (χ3v) is 4.20. The van der Waals surface area contributed by atoms with Crippen LogP contribution in [0.3, 0.4) is 0 Å². The predicted octanol–water partition coefficient (Wildman–Crippen LogP) is 2.98. The van der Waals surface area contributed by atoms with Gasteiger partial charge in [-0.2, -0.15) is 0 Å². The fraction of sp³-hybridized carbons (Fsp3) is 0.562. The van der Waals surface area contributed by atoms with E-state index in [1.54, 1.807) is 0 Å². The number of nitrogens with one attached hydrogen (secondary N) is 1. The first kappa shape index (κ1) is 14.9. The van der Waals surface area contributed by atoms with E-state index >= 15 is 0 Å². The van der Waals surface area contributed by atoms with Crippen LogP contribution in [-0.4, -0.2) is 30.1 Å². The molecule has 0 bridgehead atoms. The van der Waals surface area contributed by atoms with Crippen molar-refractivity contribution < 1.29 is 4.79 Å². The molecule has 1 aliphatic heterocycles. The van der Waals surface area contributed by atoms with E-state index in [1.165, 1.54) is 6.42 Å². The van der Waals surface area contributed by atoms with Crippen LogP contribution >= 0.6 is 0 Å². The normalized spacial score (nSPS) is 22.6. The number of aryl methyl sites for hydroxylation is 1. The number of hydrogen-bond acceptors (Lipinski definition) is 2. The summed E-state index contributed by atoms with van der Waals surface area (Å²) in [7, 11) is 0. The highest BCUT2D eigenvalue weighted by Crippen LogP contribution is 2.25. The van der Waals surface area contributed by atoms with Gasteiger partial charge in [0.25, 0.3) is 0 Å². The van der Waals surface area contributed by atoms with Crippen LogP contribution in [-0.2, 0) is 0 Å². The molecule has 1 heterocycles. The standard InChI is InChI=1S/C16H25N3O/c1-3-13-7-8-19(15(10-13)11-17)16(20)18-14-6-4-5-12(2)9-14/h4-6,9,13,15H,3,7-8,10-11,17H2,1-2H3,(H,18,20). The van der Waals surface area contributed by atoms with Gasteiger partial charge in [0, 0.05) is 24.8 Å². The van der Waals surface area contributed by atoms with Crippen molar-refractivity contribution in [2.75, 3.05) is 18.4 Å². The Morgan fingerprint density at radius 3 is 2.95 bits per heavy atom. The summed E-state index contributed by atoms with van der Waals surface area (Å²) in [5.74, 6) is 0.701. The zero-order valence-corrected chi connectivity index (χ0v) is 12.4. The molecular weight excluding hydrogens is 250 g/mol. The Morgan fingerprint density at radius 2 is 2.30 bits per heavy atom. The molecule has 1 saturated heterocycles. The number of likely N-dealkylation sites (tertiary alicyclic amines) is 1. The predicted molar refractivity (Wildman–Crippen MR) is 82.8 cm³/mol. The number of benzene rings is 1. The van der Waals surface area contributed by atoms with Crippen LogP contribution in [0.2, 0.25) is 0 Å². The van der Waals surface area contributed by atoms with Crippen molar-refractivity contribution in [3.05, 3.63) is 29.8 Å². The van der Waals surface area contributed by atoms with E-state index in [1.807, 2.05) is 36.1 Å². The van der Waals surface area contributed by atoms with Gasteiger partial charge in [0.15, 0.2) is 0 Å². The molecule has 0 aliphatic carbocycles. The summed E-state index contributed by atoms with van der Waals surface area (Å²) >= 11 is 0. The van der Waals surface area contributed by atoms with Crippen LogP contribution < -0.4 is 11.1 Å². The van der Waals surface area contributed by atoms with Crippen molar-refractivity contribution in [2.24, 2.45) is 11.7 Å². The van der Waals surface area contributed by atoms with Gasteiger partial charge in [-0.1, -0.05) is 25.5 Å². The SMILES string of the molecule is CCC1CCN(C(=O)Nc2cccc(C)c2)C(CN)C1. The molecule has 1 aromatic rings. The third kappa shape index (κ3) is 3.51. The molecule has 1 fully saturated rings. The lowest BCUT2D eigenvalue weighted by Crippen LogP contribution is -2.51. The maximum atomic E-state index is 12.4. The quantitative estimate of drug-likeness (QED) is 0.891. The smallest absolute Gasteiger partial charge is 0.322 e. The molecule has 0 radical (unpaired) electrons. The largest absolute Gasteiger partial charge is 0.328 e. The van der Waals surface area contributed by atoms with Gasteiger partial charge < -0.3 is 16.0 Å². The van der Waals surface area contributed by atoms with Gasteiger partial charge in [-0.15, -0.1) is 0 Å². The molecule has 2 rings (SSSR count). The zero-order chi connectivity index (χ0) is 14.5. The van der Waals surface area contributed by atoms with Gasteiger partial charge in [0.2, 0.25) is 0 Å². The summed E-state index contributed by atoms with van der Waals surface area (Å²) in [6, 6.07) is 8.01. The second-order valence-corrected chi connectivity index (χ2v) is 5.68. The number of carbonyl (C=O) groups is 1. The van der Waals surface area contributed by atoms with Gasteiger partial charge in [-0.25, -0.2) is 4.79 Å². The highest BCUT2D eigenvalue weighted by molar-refractivity contribution is 5.89. The van der Waals surface area contributed by atoms with Gasteiger partial charge in [-0.05, 0) is 43.4 Å². The van der Waals surface area contributed by atoms with Crippen molar-refractivity contribution in [1.82, 2.24) is 4.90 Å². The maximum absolute atomic E-state index is 12.4. The van der Waals surface area contributed by atoms with E-state index in [2.05, 4.69) is 12.2 Å². The number of hydrogen-bond donors (Lipinski definition) is 2. The van der Waals surface area contributed by atoms with Crippen molar-refractivity contribution >= 4 is 11.7 Å². The van der Waals surface area contributed by atoms with Crippen molar-refractivity contribution in [2.45, 2.75) is 39.2 Å². The Labute approximate surface area is 121 Å². The lowest BCUT2D eigenvalue weighted by molar-refractivity contribution is 0.138. The van der Waals surface area contributed by atoms with E-state index in [0.717, 1.165) is 30.6 Å². The zero-order valence-electron chi connectivity index (χ0n) is 12.4. The minimum Gasteiger partial charge on any atom is -0.328 e. The second-order valence-electron chi connectivity index (χ2n) is 5.68. The average molecular weight is 275 g/mol. The molecule has 2 amide bonds. The molecular formula is C16H25N3O. The van der Waals surface area contributed by atoms with E-state index in [0.29, 0.717) is 12.5 Å². The number of piperidine rings is 1. The molecule has 0 spiro atoms. The van der Waals surface area contributed by atoms with Gasteiger partial charge in [-0.3, -0.25) is 0 Å². The van der Waals surface area contributed by atoms with Crippen LogP contribution in [0, 0.1) is 12.8 Å². The lowest BCUT2D eigenvalue weighted by Gasteiger charge is -2.38. The molecule has 2 atom stereocenters. The van der Waals surface area contributed by atoms with E-state index in [4.69, 9.17) is 5.73 Å². The van der Waals surface area contributed by atoms with E-state index < -0.39 is 0 Å². The minimum absolute atomic E-state index is 0.0272. The van der Waals surface area contributed by atoms with Crippen molar-refractivity contribution in [3.63, 3.8) is 0 Å². The number of urea groups is 1. The molecule has 20 heavy (non-hydrogen) atoms. The number of nitrogens with two attached hydrogens (primary N) is 1. The summed E-state index contributed by atoms with van der Waals surface area (Å²) in [5.41, 5.74) is 7.84. The topological polar surface area (TPSA) is 58.4 Å². The molecule has 1 aromatic carbocycles. The molecule has 4 nitrogen and oxygen atoms in total. The molecule has 4 heteroatoms. The Kier molecular flexibility index (Phi) is 5.01. The second kappa shape index (κ2) is 6.75. The Hall–Kier alpha value is -1.55. The van der Waals surface area contributed by atoms with Crippen LogP contribution in [0.4, 0.5) is 10.5 Å². The molecule has 2 unspecified atom stereocenters. The fourth-order valence-corrected chi connectivity index (χ4v) is 2.91. The Bertz CT molecular complexity index is 461. The highest BCUT2D eigenvalue weighted by atomic mass is 16.2. The first-order chi connectivity index (χ1) is 9.63. The van der Waals surface area contributed by atoms with Crippen LogP contribution in [0.5, 0.6) is 0 Å². The monoisotopic (exact) mass is 275 g/mol. The third-order valence-electron chi connectivity index (χ3n) is 4.20. The lowest BCUT2D eigenvalue weighted by atomic mass is 9.89. The molecule has 1 aliphatic rings. The molecule has 3 N–H and O–H groups in total. The summed E-state index contributed by atoms with van der Waals surface area (Å²) in [4.78, 5) is 14.3. The van der Waals surface area contributed by atoms with Crippen LogP contribution in [0.15, 0.2) is 24.3 Å². The molecule has 0 saturated carbocycles. The maximum Gasteiger partial charge on any atom is 0.322 e. The summed E-state index contributed by atoms with van der Waals surface area (Å²) in [5, 5.41) is 2.98. The Morgan fingerprint density at radius 1 is 1.50 bits per heavy atom. The van der Waals surface area contributed by atoms with Gasteiger partial charge >= 0.3 is 6.03 Å². The number of anilines is 1. The van der Waals surface area contributed by atoms with E-state index in [-0.39, 0.29) is 12.1 Å².